The van der Waals surface area contributed by atoms with Gasteiger partial charge in [0.05, 0.1) is 29.2 Å². The summed E-state index contributed by atoms with van der Waals surface area (Å²) in [5.41, 5.74) is 1.76. The number of amides is 2. The summed E-state index contributed by atoms with van der Waals surface area (Å²) in [5.74, 6) is -2.25. The van der Waals surface area contributed by atoms with E-state index in [0.29, 0.717) is 17.1 Å². The zero-order chi connectivity index (χ0) is 22.7. The molecule has 0 bridgehead atoms. The van der Waals surface area contributed by atoms with Crippen molar-refractivity contribution in [1.82, 2.24) is 14.7 Å². The van der Waals surface area contributed by atoms with E-state index < -0.39 is 17.5 Å². The number of hydrogen-bond acceptors (Lipinski definition) is 4. The van der Waals surface area contributed by atoms with Crippen molar-refractivity contribution in [3.63, 3.8) is 0 Å². The lowest BCUT2D eigenvalue weighted by molar-refractivity contribution is -0.116. The van der Waals surface area contributed by atoms with Gasteiger partial charge in [0.15, 0.2) is 5.82 Å². The van der Waals surface area contributed by atoms with E-state index in [1.807, 2.05) is 24.5 Å². The molecule has 0 aliphatic heterocycles. The van der Waals surface area contributed by atoms with E-state index in [1.54, 1.807) is 19.9 Å². The zero-order valence-electron chi connectivity index (χ0n) is 17.6. The number of carbonyl (C=O) groups excluding carboxylic acids is 2. The van der Waals surface area contributed by atoms with Gasteiger partial charge >= 0.3 is 0 Å². The molecule has 2 amide bonds. The topological polar surface area (TPSA) is 67.2 Å². The lowest BCUT2D eigenvalue weighted by Crippen LogP contribution is -2.35. The fourth-order valence-electron chi connectivity index (χ4n) is 3.26. The molecule has 0 saturated carbocycles. The van der Waals surface area contributed by atoms with Crippen LogP contribution in [-0.2, 0) is 4.79 Å². The third kappa shape index (κ3) is 4.77. The maximum atomic E-state index is 14.2. The standard InChI is InChI=1S/C22H22F2N4O2S/c1-13-21(14(2)28(26-13)18-10-9-15(23)11-16(18)24)22(30)27(3)12-20(29)25-17-7-5-6-8-19(17)31-4/h5-11H,12H2,1-4H3,(H,25,29). The molecule has 3 rings (SSSR count). The average Bonchev–Trinajstić information content (AvgIpc) is 3.01. The van der Waals surface area contributed by atoms with Gasteiger partial charge in [0.1, 0.15) is 11.5 Å². The maximum absolute atomic E-state index is 14.2. The number of halogens is 2. The van der Waals surface area contributed by atoms with E-state index in [2.05, 4.69) is 10.4 Å². The molecule has 0 aliphatic carbocycles. The number of thioether (sulfide) groups is 1. The summed E-state index contributed by atoms with van der Waals surface area (Å²) in [6.45, 7) is 3.08. The molecule has 0 saturated heterocycles. The summed E-state index contributed by atoms with van der Waals surface area (Å²) < 4.78 is 28.7. The number of nitrogens with one attached hydrogen (secondary N) is 1. The lowest BCUT2D eigenvalue weighted by Gasteiger charge is -2.18. The smallest absolute Gasteiger partial charge is 0.257 e. The first-order valence-corrected chi connectivity index (χ1v) is 10.7. The van der Waals surface area contributed by atoms with Gasteiger partial charge in [0.25, 0.3) is 5.91 Å². The van der Waals surface area contributed by atoms with Crippen molar-refractivity contribution in [3.05, 3.63) is 71.1 Å². The summed E-state index contributed by atoms with van der Waals surface area (Å²) in [5, 5.41) is 7.06. The molecule has 0 atom stereocenters. The Balaban J connectivity index is 1.79. The van der Waals surface area contributed by atoms with Gasteiger partial charge in [-0.3, -0.25) is 9.59 Å². The van der Waals surface area contributed by atoms with E-state index >= 15 is 0 Å². The molecular formula is C22H22F2N4O2S. The van der Waals surface area contributed by atoms with Crippen LogP contribution < -0.4 is 5.32 Å². The summed E-state index contributed by atoms with van der Waals surface area (Å²) in [4.78, 5) is 27.7. The maximum Gasteiger partial charge on any atom is 0.257 e. The van der Waals surface area contributed by atoms with Crippen LogP contribution in [0.5, 0.6) is 0 Å². The van der Waals surface area contributed by atoms with Gasteiger partial charge in [0, 0.05) is 18.0 Å². The van der Waals surface area contributed by atoms with Crippen LogP contribution >= 0.6 is 11.8 Å². The molecule has 0 unspecified atom stereocenters. The number of para-hydroxylation sites is 1. The first-order chi connectivity index (χ1) is 14.7. The fraction of sp³-hybridized carbons (Fsp3) is 0.227. The van der Waals surface area contributed by atoms with Gasteiger partial charge in [-0.15, -0.1) is 11.8 Å². The molecule has 1 aromatic heterocycles. The van der Waals surface area contributed by atoms with Crippen molar-refractivity contribution in [1.29, 1.82) is 0 Å². The molecule has 2 aromatic carbocycles. The van der Waals surface area contributed by atoms with E-state index in [9.17, 15) is 18.4 Å². The third-order valence-electron chi connectivity index (χ3n) is 4.75. The minimum atomic E-state index is -0.787. The van der Waals surface area contributed by atoms with E-state index in [1.165, 1.54) is 34.5 Å². The molecule has 0 radical (unpaired) electrons. The molecule has 0 fully saturated rings. The molecule has 0 spiro atoms. The number of anilines is 1. The highest BCUT2D eigenvalue weighted by Gasteiger charge is 2.24. The SMILES string of the molecule is CSc1ccccc1NC(=O)CN(C)C(=O)c1c(C)nn(-c2ccc(F)cc2F)c1C. The monoisotopic (exact) mass is 444 g/mol. The van der Waals surface area contributed by atoms with Gasteiger partial charge < -0.3 is 10.2 Å². The van der Waals surface area contributed by atoms with Crippen LogP contribution in [0.25, 0.3) is 5.69 Å². The Bertz CT molecular complexity index is 1150. The molecule has 0 aliphatic rings. The highest BCUT2D eigenvalue weighted by molar-refractivity contribution is 7.98. The number of carbonyl (C=O) groups is 2. The quantitative estimate of drug-likeness (QED) is 0.579. The van der Waals surface area contributed by atoms with Crippen molar-refractivity contribution in [2.75, 3.05) is 25.2 Å². The van der Waals surface area contributed by atoms with Crippen molar-refractivity contribution in [2.45, 2.75) is 18.7 Å². The lowest BCUT2D eigenvalue weighted by atomic mass is 10.1. The number of aromatic nitrogens is 2. The second-order valence-corrected chi connectivity index (χ2v) is 7.81. The Kier molecular flexibility index (Phi) is 6.74. The highest BCUT2D eigenvalue weighted by atomic mass is 32.2. The Morgan fingerprint density at radius 2 is 1.87 bits per heavy atom. The Morgan fingerprint density at radius 1 is 1.16 bits per heavy atom. The number of nitrogens with zero attached hydrogens (tertiary/aromatic N) is 3. The van der Waals surface area contributed by atoms with Crippen LogP contribution in [-0.4, -0.2) is 46.3 Å². The van der Waals surface area contributed by atoms with Crippen LogP contribution in [0.4, 0.5) is 14.5 Å². The second kappa shape index (κ2) is 9.30. The summed E-state index contributed by atoms with van der Waals surface area (Å²) in [6, 6.07) is 10.5. The first kappa shape index (κ1) is 22.5. The first-order valence-electron chi connectivity index (χ1n) is 9.43. The average molecular weight is 445 g/mol. The largest absolute Gasteiger partial charge is 0.332 e. The van der Waals surface area contributed by atoms with Crippen LogP contribution in [0.2, 0.25) is 0 Å². The van der Waals surface area contributed by atoms with Crippen molar-refractivity contribution >= 4 is 29.3 Å². The molecule has 9 heteroatoms. The molecule has 31 heavy (non-hydrogen) atoms. The molecule has 3 aromatic rings. The van der Waals surface area contributed by atoms with Crippen molar-refractivity contribution in [3.8, 4) is 5.69 Å². The van der Waals surface area contributed by atoms with Gasteiger partial charge in [-0.1, -0.05) is 12.1 Å². The Morgan fingerprint density at radius 3 is 2.55 bits per heavy atom. The van der Waals surface area contributed by atoms with E-state index in [0.717, 1.165) is 17.0 Å². The highest BCUT2D eigenvalue weighted by Crippen LogP contribution is 2.25. The summed E-state index contributed by atoms with van der Waals surface area (Å²) in [7, 11) is 1.51. The van der Waals surface area contributed by atoms with Gasteiger partial charge in [0.2, 0.25) is 5.91 Å². The van der Waals surface area contributed by atoms with Crippen LogP contribution in [0, 0.1) is 25.5 Å². The second-order valence-electron chi connectivity index (χ2n) is 6.96. The van der Waals surface area contributed by atoms with Crippen LogP contribution in [0.15, 0.2) is 47.4 Å². The Hall–Kier alpha value is -3.20. The summed E-state index contributed by atoms with van der Waals surface area (Å²) in [6.07, 6.45) is 1.91. The minimum absolute atomic E-state index is 0.0371. The molecule has 1 heterocycles. The van der Waals surface area contributed by atoms with Gasteiger partial charge in [-0.25, -0.2) is 13.5 Å². The van der Waals surface area contributed by atoms with E-state index in [-0.39, 0.29) is 23.7 Å². The Labute approximate surface area is 183 Å². The normalized spacial score (nSPS) is 10.8. The zero-order valence-corrected chi connectivity index (χ0v) is 18.4. The molecular weight excluding hydrogens is 422 g/mol. The third-order valence-corrected chi connectivity index (χ3v) is 5.55. The number of rotatable bonds is 6. The number of likely N-dealkylation sites (N-methyl/N-ethyl adjacent to an activating group) is 1. The van der Waals surface area contributed by atoms with Crippen LogP contribution in [0.1, 0.15) is 21.7 Å². The summed E-state index contributed by atoms with van der Waals surface area (Å²) >= 11 is 1.51. The van der Waals surface area contributed by atoms with Gasteiger partial charge in [-0.2, -0.15) is 5.10 Å². The number of benzene rings is 2. The molecule has 162 valence electrons. The number of aryl methyl sites for hydroxylation is 1. The molecule has 1 N–H and O–H groups in total. The van der Waals surface area contributed by atoms with Crippen LogP contribution in [0.3, 0.4) is 0 Å². The predicted octanol–water partition coefficient (Wildman–Crippen LogP) is 4.20. The fourth-order valence-corrected chi connectivity index (χ4v) is 3.81. The predicted molar refractivity (Wildman–Crippen MR) is 117 cm³/mol. The van der Waals surface area contributed by atoms with Crippen molar-refractivity contribution < 1.29 is 18.4 Å². The van der Waals surface area contributed by atoms with E-state index in [4.69, 9.17) is 0 Å². The minimum Gasteiger partial charge on any atom is -0.332 e. The van der Waals surface area contributed by atoms with Gasteiger partial charge in [-0.05, 0) is 44.4 Å². The molecule has 6 nitrogen and oxygen atoms in total. The van der Waals surface area contributed by atoms with Crippen molar-refractivity contribution in [2.24, 2.45) is 0 Å². The number of hydrogen-bond donors (Lipinski definition) is 1.